The standard InChI is InChI=1S/C9H11FN2O3S/c1-15-9-3-2-7(6-8(9)10)11-16(13,14)12-4-5-12/h2-3,6,11H,4-5H2,1H3. The summed E-state index contributed by atoms with van der Waals surface area (Å²) in [4.78, 5) is 0. The quantitative estimate of drug-likeness (QED) is 0.800. The summed E-state index contributed by atoms with van der Waals surface area (Å²) >= 11 is 0. The van der Waals surface area contributed by atoms with Gasteiger partial charge in [0.25, 0.3) is 0 Å². The van der Waals surface area contributed by atoms with E-state index in [0.29, 0.717) is 13.1 Å². The van der Waals surface area contributed by atoms with Crippen molar-refractivity contribution in [3.05, 3.63) is 24.0 Å². The van der Waals surface area contributed by atoms with Crippen molar-refractivity contribution in [3.63, 3.8) is 0 Å². The van der Waals surface area contributed by atoms with E-state index < -0.39 is 16.0 Å². The second-order valence-electron chi connectivity index (χ2n) is 3.36. The fourth-order valence-corrected chi connectivity index (χ4v) is 2.34. The number of halogens is 1. The van der Waals surface area contributed by atoms with E-state index in [-0.39, 0.29) is 11.4 Å². The fraction of sp³-hybridized carbons (Fsp3) is 0.333. The van der Waals surface area contributed by atoms with Crippen LogP contribution >= 0.6 is 0 Å². The third-order valence-corrected chi connectivity index (χ3v) is 3.68. The monoisotopic (exact) mass is 246 g/mol. The van der Waals surface area contributed by atoms with Gasteiger partial charge >= 0.3 is 10.2 Å². The van der Waals surface area contributed by atoms with Crippen LogP contribution in [0.15, 0.2) is 18.2 Å². The zero-order chi connectivity index (χ0) is 11.8. The highest BCUT2D eigenvalue weighted by Crippen LogP contribution is 2.23. The van der Waals surface area contributed by atoms with Gasteiger partial charge in [-0.25, -0.2) is 4.39 Å². The Hall–Kier alpha value is -1.34. The van der Waals surface area contributed by atoms with Crippen molar-refractivity contribution in [1.29, 1.82) is 0 Å². The number of anilines is 1. The Morgan fingerprint density at radius 3 is 2.62 bits per heavy atom. The van der Waals surface area contributed by atoms with Crippen LogP contribution in [0.5, 0.6) is 5.75 Å². The first-order valence-electron chi connectivity index (χ1n) is 4.64. The van der Waals surface area contributed by atoms with Crippen molar-refractivity contribution in [2.24, 2.45) is 0 Å². The average Bonchev–Trinajstić information content (AvgIpc) is 3.00. The Labute approximate surface area is 93.0 Å². The van der Waals surface area contributed by atoms with E-state index in [1.807, 2.05) is 0 Å². The molecule has 1 aliphatic rings. The van der Waals surface area contributed by atoms with Crippen LogP contribution in [0.25, 0.3) is 0 Å². The number of methoxy groups -OCH3 is 1. The molecule has 1 aromatic carbocycles. The molecule has 1 fully saturated rings. The highest BCUT2D eigenvalue weighted by atomic mass is 32.2. The molecule has 16 heavy (non-hydrogen) atoms. The molecule has 0 saturated carbocycles. The summed E-state index contributed by atoms with van der Waals surface area (Å²) in [6.07, 6.45) is 0. The van der Waals surface area contributed by atoms with Crippen molar-refractivity contribution in [2.75, 3.05) is 24.9 Å². The van der Waals surface area contributed by atoms with Crippen molar-refractivity contribution >= 4 is 15.9 Å². The minimum absolute atomic E-state index is 0.0784. The Balaban J connectivity index is 2.19. The van der Waals surface area contributed by atoms with Gasteiger partial charge in [0.2, 0.25) is 0 Å². The first-order valence-corrected chi connectivity index (χ1v) is 6.08. The van der Waals surface area contributed by atoms with Gasteiger partial charge in [-0.1, -0.05) is 0 Å². The molecule has 0 unspecified atom stereocenters. The predicted octanol–water partition coefficient (Wildman–Crippen LogP) is 0.807. The first kappa shape index (κ1) is 11.2. The lowest BCUT2D eigenvalue weighted by atomic mass is 10.3. The molecule has 0 radical (unpaired) electrons. The molecule has 1 aromatic rings. The number of nitrogens with one attached hydrogen (secondary N) is 1. The molecule has 1 saturated heterocycles. The number of nitrogens with zero attached hydrogens (tertiary/aromatic N) is 1. The van der Waals surface area contributed by atoms with E-state index in [9.17, 15) is 12.8 Å². The van der Waals surface area contributed by atoms with E-state index in [1.165, 1.54) is 23.5 Å². The van der Waals surface area contributed by atoms with Crippen LogP contribution in [0.2, 0.25) is 0 Å². The van der Waals surface area contributed by atoms with Gasteiger partial charge in [0.05, 0.1) is 12.8 Å². The Kier molecular flexibility index (Phi) is 2.73. The van der Waals surface area contributed by atoms with Crippen LogP contribution < -0.4 is 9.46 Å². The molecule has 0 aromatic heterocycles. The molecule has 1 N–H and O–H groups in total. The molecule has 7 heteroatoms. The summed E-state index contributed by atoms with van der Waals surface area (Å²) in [6.45, 7) is 1.02. The number of hydrogen-bond donors (Lipinski definition) is 1. The van der Waals surface area contributed by atoms with Gasteiger partial charge in [-0.05, 0) is 12.1 Å². The van der Waals surface area contributed by atoms with E-state index in [0.717, 1.165) is 6.07 Å². The summed E-state index contributed by atoms with van der Waals surface area (Å²) in [7, 11) is -2.16. The maximum Gasteiger partial charge on any atom is 0.301 e. The van der Waals surface area contributed by atoms with Gasteiger partial charge in [-0.3, -0.25) is 4.72 Å². The van der Waals surface area contributed by atoms with Crippen LogP contribution in [0.4, 0.5) is 10.1 Å². The van der Waals surface area contributed by atoms with Crippen molar-refractivity contribution in [1.82, 2.24) is 4.31 Å². The minimum atomic E-state index is -3.50. The van der Waals surface area contributed by atoms with Crippen molar-refractivity contribution in [3.8, 4) is 5.75 Å². The minimum Gasteiger partial charge on any atom is -0.494 e. The zero-order valence-electron chi connectivity index (χ0n) is 8.60. The summed E-state index contributed by atoms with van der Waals surface area (Å²) in [5, 5.41) is 0. The largest absolute Gasteiger partial charge is 0.494 e. The van der Waals surface area contributed by atoms with Gasteiger partial charge < -0.3 is 4.74 Å². The molecule has 2 rings (SSSR count). The SMILES string of the molecule is COc1ccc(NS(=O)(=O)N2CC2)cc1F. The molecule has 0 atom stereocenters. The van der Waals surface area contributed by atoms with Gasteiger partial charge in [0.15, 0.2) is 11.6 Å². The van der Waals surface area contributed by atoms with Crippen molar-refractivity contribution < 1.29 is 17.5 Å². The van der Waals surface area contributed by atoms with Crippen LogP contribution in [-0.4, -0.2) is 32.9 Å². The van der Waals surface area contributed by atoms with Crippen LogP contribution in [0.1, 0.15) is 0 Å². The topological polar surface area (TPSA) is 58.4 Å². The van der Waals surface area contributed by atoms with Gasteiger partial charge in [0.1, 0.15) is 0 Å². The molecule has 5 nitrogen and oxygen atoms in total. The molecule has 0 amide bonds. The van der Waals surface area contributed by atoms with E-state index in [2.05, 4.69) is 4.72 Å². The summed E-state index contributed by atoms with van der Waals surface area (Å²) in [5.74, 6) is -0.525. The number of ether oxygens (including phenoxy) is 1. The average molecular weight is 246 g/mol. The lowest BCUT2D eigenvalue weighted by molar-refractivity contribution is 0.386. The molecule has 0 bridgehead atoms. The second kappa shape index (κ2) is 3.91. The number of hydrogen-bond acceptors (Lipinski definition) is 3. The van der Waals surface area contributed by atoms with E-state index in [1.54, 1.807) is 0 Å². The number of rotatable bonds is 4. The summed E-state index contributed by atoms with van der Waals surface area (Å²) < 4.78 is 44.5. The first-order chi connectivity index (χ1) is 7.53. The van der Waals surface area contributed by atoms with Gasteiger partial charge in [-0.2, -0.15) is 12.7 Å². The Morgan fingerprint density at radius 2 is 2.12 bits per heavy atom. The summed E-state index contributed by atoms with van der Waals surface area (Å²) in [6, 6.07) is 3.90. The highest BCUT2D eigenvalue weighted by Gasteiger charge is 2.31. The van der Waals surface area contributed by atoms with Gasteiger partial charge in [0, 0.05) is 19.2 Å². The molecular weight excluding hydrogens is 235 g/mol. The smallest absolute Gasteiger partial charge is 0.301 e. The van der Waals surface area contributed by atoms with Crippen LogP contribution in [-0.2, 0) is 10.2 Å². The lowest BCUT2D eigenvalue weighted by Crippen LogP contribution is -2.20. The lowest BCUT2D eigenvalue weighted by Gasteiger charge is -2.09. The zero-order valence-corrected chi connectivity index (χ0v) is 9.42. The molecular formula is C9H11FN2O3S. The maximum absolute atomic E-state index is 13.3. The second-order valence-corrected chi connectivity index (χ2v) is 5.03. The molecule has 0 spiro atoms. The summed E-state index contributed by atoms with van der Waals surface area (Å²) in [5.41, 5.74) is 0.185. The maximum atomic E-state index is 13.3. The van der Waals surface area contributed by atoms with Gasteiger partial charge in [-0.15, -0.1) is 0 Å². The van der Waals surface area contributed by atoms with Crippen LogP contribution in [0.3, 0.4) is 0 Å². The normalized spacial score (nSPS) is 15.9. The Bertz CT molecular complexity index is 499. The fourth-order valence-electron chi connectivity index (χ4n) is 1.22. The Morgan fingerprint density at radius 1 is 1.44 bits per heavy atom. The molecule has 1 heterocycles. The molecule has 1 aliphatic heterocycles. The predicted molar refractivity (Wildman–Crippen MR) is 57.1 cm³/mol. The van der Waals surface area contributed by atoms with E-state index >= 15 is 0 Å². The van der Waals surface area contributed by atoms with Crippen LogP contribution in [0, 0.1) is 5.82 Å². The third kappa shape index (κ3) is 2.25. The highest BCUT2D eigenvalue weighted by molar-refractivity contribution is 7.90. The third-order valence-electron chi connectivity index (χ3n) is 2.14. The van der Waals surface area contributed by atoms with Crippen molar-refractivity contribution in [2.45, 2.75) is 0 Å². The molecule has 88 valence electrons. The van der Waals surface area contributed by atoms with E-state index in [4.69, 9.17) is 4.74 Å². The number of benzene rings is 1. The molecule has 0 aliphatic carbocycles.